The van der Waals surface area contributed by atoms with E-state index in [0.29, 0.717) is 48.1 Å². The summed E-state index contributed by atoms with van der Waals surface area (Å²) in [5, 5.41) is 3.32. The Morgan fingerprint density at radius 2 is 1.72 bits per heavy atom. The van der Waals surface area contributed by atoms with Crippen molar-refractivity contribution in [3.8, 4) is 5.69 Å². The smallest absolute Gasteiger partial charge is 0.330 e. The molecule has 0 spiro atoms. The second-order valence-corrected chi connectivity index (χ2v) is 8.12. The number of H-pyrrole nitrogens is 1. The molecular weight excluding hydrogens is 430 g/mol. The molecule has 166 valence electrons. The van der Waals surface area contributed by atoms with Crippen molar-refractivity contribution in [1.82, 2.24) is 19.4 Å². The van der Waals surface area contributed by atoms with Gasteiger partial charge in [0, 0.05) is 43.6 Å². The van der Waals surface area contributed by atoms with Crippen molar-refractivity contribution in [1.29, 1.82) is 0 Å². The number of hydrogen-bond acceptors (Lipinski definition) is 4. The summed E-state index contributed by atoms with van der Waals surface area (Å²) < 4.78 is 1.56. The second kappa shape index (κ2) is 9.42. The average molecular weight is 454 g/mol. The summed E-state index contributed by atoms with van der Waals surface area (Å²) >= 11 is 6.09. The van der Waals surface area contributed by atoms with Crippen molar-refractivity contribution in [3.05, 3.63) is 81.5 Å². The molecule has 0 radical (unpaired) electrons. The van der Waals surface area contributed by atoms with Crippen LogP contribution in [0, 0.1) is 6.92 Å². The lowest BCUT2D eigenvalue weighted by Gasteiger charge is -2.34. The van der Waals surface area contributed by atoms with E-state index in [0.717, 1.165) is 5.69 Å². The maximum atomic E-state index is 12.9. The summed E-state index contributed by atoms with van der Waals surface area (Å²) in [5.41, 5.74) is 2.45. The van der Waals surface area contributed by atoms with Crippen LogP contribution >= 0.6 is 11.6 Å². The number of carbonyl (C=O) groups excluding carboxylic acids is 2. The van der Waals surface area contributed by atoms with Crippen LogP contribution in [0.15, 0.2) is 59.5 Å². The molecule has 1 fully saturated rings. The van der Waals surface area contributed by atoms with Crippen molar-refractivity contribution in [2.45, 2.75) is 6.92 Å². The monoisotopic (exact) mass is 453 g/mol. The van der Waals surface area contributed by atoms with Gasteiger partial charge >= 0.3 is 5.69 Å². The number of rotatable bonds is 5. The molecule has 0 atom stereocenters. The van der Waals surface area contributed by atoms with Gasteiger partial charge in [-0.2, -0.15) is 0 Å². The van der Waals surface area contributed by atoms with Crippen LogP contribution < -0.4 is 11.0 Å². The van der Waals surface area contributed by atoms with Crippen molar-refractivity contribution in [3.63, 3.8) is 0 Å². The van der Waals surface area contributed by atoms with E-state index in [1.807, 2.05) is 24.0 Å². The van der Waals surface area contributed by atoms with Crippen LogP contribution in [-0.4, -0.2) is 63.9 Å². The van der Waals surface area contributed by atoms with Gasteiger partial charge < -0.3 is 15.2 Å². The average Bonchev–Trinajstić information content (AvgIpc) is 3.13. The number of imidazole rings is 1. The lowest BCUT2D eigenvalue weighted by atomic mass is 10.1. The lowest BCUT2D eigenvalue weighted by Crippen LogP contribution is -2.50. The van der Waals surface area contributed by atoms with Crippen molar-refractivity contribution in [2.24, 2.45) is 0 Å². The van der Waals surface area contributed by atoms with Crippen LogP contribution in [0.4, 0.5) is 5.69 Å². The number of piperazine rings is 1. The summed E-state index contributed by atoms with van der Waals surface area (Å²) in [6.07, 6.45) is 1.65. The molecule has 1 aromatic heterocycles. The van der Waals surface area contributed by atoms with Crippen molar-refractivity contribution in [2.75, 3.05) is 38.0 Å². The fourth-order valence-corrected chi connectivity index (χ4v) is 3.96. The number of hydrogen-bond donors (Lipinski definition) is 2. The second-order valence-electron chi connectivity index (χ2n) is 7.71. The minimum atomic E-state index is -0.212. The SMILES string of the molecule is Cc1c[nH]c(=O)n1-c1ccc(C(=O)N2CCN(CC(=O)Nc3ccccc3Cl)CC2)cc1. The Balaban J connectivity index is 1.31. The zero-order chi connectivity index (χ0) is 22.7. The van der Waals surface area contributed by atoms with Gasteiger partial charge in [0.1, 0.15) is 0 Å². The minimum Gasteiger partial charge on any atom is -0.336 e. The highest BCUT2D eigenvalue weighted by Crippen LogP contribution is 2.20. The molecule has 4 rings (SSSR count). The molecule has 0 unspecified atom stereocenters. The van der Waals surface area contributed by atoms with Gasteiger partial charge in [0.05, 0.1) is 22.9 Å². The summed E-state index contributed by atoms with van der Waals surface area (Å²) in [5.74, 6) is -0.196. The molecular formula is C23H24ClN5O3. The van der Waals surface area contributed by atoms with Gasteiger partial charge in [-0.05, 0) is 43.3 Å². The molecule has 8 nitrogen and oxygen atoms in total. The van der Waals surface area contributed by atoms with Gasteiger partial charge in [0.15, 0.2) is 0 Å². The van der Waals surface area contributed by atoms with Crippen LogP contribution in [0.25, 0.3) is 5.69 Å². The first-order chi connectivity index (χ1) is 15.4. The van der Waals surface area contributed by atoms with Gasteiger partial charge in [0.2, 0.25) is 5.91 Å². The Bertz CT molecular complexity index is 1180. The maximum Gasteiger partial charge on any atom is 0.330 e. The first-order valence-electron chi connectivity index (χ1n) is 10.4. The van der Waals surface area contributed by atoms with Crippen LogP contribution in [-0.2, 0) is 4.79 Å². The molecule has 2 heterocycles. The normalized spacial score (nSPS) is 14.4. The Labute approximate surface area is 190 Å². The number of halogens is 1. The fourth-order valence-electron chi connectivity index (χ4n) is 3.78. The van der Waals surface area contributed by atoms with Crippen molar-refractivity contribution >= 4 is 29.1 Å². The molecule has 3 aromatic rings. The summed E-state index contributed by atoms with van der Waals surface area (Å²) in [4.78, 5) is 43.6. The zero-order valence-electron chi connectivity index (χ0n) is 17.7. The van der Waals surface area contributed by atoms with Crippen LogP contribution in [0.2, 0.25) is 5.02 Å². The fraction of sp³-hybridized carbons (Fsp3) is 0.261. The van der Waals surface area contributed by atoms with E-state index >= 15 is 0 Å². The third-order valence-electron chi connectivity index (χ3n) is 5.51. The Morgan fingerprint density at radius 1 is 1.03 bits per heavy atom. The van der Waals surface area contributed by atoms with Gasteiger partial charge in [0.25, 0.3) is 5.91 Å². The van der Waals surface area contributed by atoms with Crippen LogP contribution in [0.3, 0.4) is 0 Å². The molecule has 2 aromatic carbocycles. The standard InChI is InChI=1S/C23H24ClN5O3/c1-16-14-25-23(32)29(16)18-8-6-17(7-9-18)22(31)28-12-10-27(11-13-28)15-21(30)26-20-5-3-2-4-19(20)24/h2-9,14H,10-13,15H2,1H3,(H,25,32)(H,26,30). The minimum absolute atomic E-state index is 0.0603. The van der Waals surface area contributed by atoms with Gasteiger partial charge in [-0.15, -0.1) is 0 Å². The Hall–Kier alpha value is -3.36. The number of benzene rings is 2. The van der Waals surface area contributed by atoms with Crippen LogP contribution in [0.1, 0.15) is 16.1 Å². The number of aromatic amines is 1. The highest BCUT2D eigenvalue weighted by molar-refractivity contribution is 6.33. The number of nitrogens with zero attached hydrogens (tertiary/aromatic N) is 3. The maximum absolute atomic E-state index is 12.9. The topological polar surface area (TPSA) is 90.4 Å². The van der Waals surface area contributed by atoms with Gasteiger partial charge in [-0.25, -0.2) is 4.79 Å². The number of amides is 2. The molecule has 9 heteroatoms. The number of aryl methyl sites for hydroxylation is 1. The molecule has 1 aliphatic rings. The van der Waals surface area contributed by atoms with E-state index in [4.69, 9.17) is 11.6 Å². The molecule has 1 aliphatic heterocycles. The molecule has 1 saturated heterocycles. The van der Waals surface area contributed by atoms with E-state index in [2.05, 4.69) is 10.3 Å². The van der Waals surface area contributed by atoms with Crippen LogP contribution in [0.5, 0.6) is 0 Å². The molecule has 2 N–H and O–H groups in total. The lowest BCUT2D eigenvalue weighted by molar-refractivity contribution is -0.117. The Morgan fingerprint density at radius 3 is 2.34 bits per heavy atom. The number of nitrogens with one attached hydrogen (secondary N) is 2. The summed E-state index contributed by atoms with van der Waals surface area (Å²) in [6.45, 7) is 4.37. The number of aromatic nitrogens is 2. The third-order valence-corrected chi connectivity index (χ3v) is 5.84. The number of carbonyl (C=O) groups is 2. The number of anilines is 1. The first kappa shape index (κ1) is 21.9. The summed E-state index contributed by atoms with van der Waals surface area (Å²) in [7, 11) is 0. The predicted molar refractivity (Wildman–Crippen MR) is 124 cm³/mol. The molecule has 0 saturated carbocycles. The zero-order valence-corrected chi connectivity index (χ0v) is 18.4. The van der Waals surface area contributed by atoms with E-state index in [1.165, 1.54) is 0 Å². The van der Waals surface area contributed by atoms with Gasteiger partial charge in [-0.3, -0.25) is 19.1 Å². The molecule has 0 bridgehead atoms. The number of para-hydroxylation sites is 1. The van der Waals surface area contributed by atoms with Gasteiger partial charge in [-0.1, -0.05) is 23.7 Å². The van der Waals surface area contributed by atoms with Crippen molar-refractivity contribution < 1.29 is 9.59 Å². The quantitative estimate of drug-likeness (QED) is 0.621. The van der Waals surface area contributed by atoms with E-state index in [9.17, 15) is 14.4 Å². The first-order valence-corrected chi connectivity index (χ1v) is 10.7. The Kier molecular flexibility index (Phi) is 6.43. The highest BCUT2D eigenvalue weighted by atomic mass is 35.5. The highest BCUT2D eigenvalue weighted by Gasteiger charge is 2.23. The summed E-state index contributed by atoms with van der Waals surface area (Å²) in [6, 6.07) is 14.1. The van der Waals surface area contributed by atoms with E-state index in [1.54, 1.807) is 52.1 Å². The predicted octanol–water partition coefficient (Wildman–Crippen LogP) is 2.52. The largest absolute Gasteiger partial charge is 0.336 e. The van der Waals surface area contributed by atoms with E-state index in [-0.39, 0.29) is 24.0 Å². The molecule has 32 heavy (non-hydrogen) atoms. The molecule has 2 amide bonds. The molecule has 0 aliphatic carbocycles. The third kappa shape index (κ3) is 4.76. The van der Waals surface area contributed by atoms with E-state index < -0.39 is 0 Å².